The summed E-state index contributed by atoms with van der Waals surface area (Å²) in [6.07, 6.45) is 0.273. The van der Waals surface area contributed by atoms with E-state index in [1.165, 1.54) is 16.4 Å². The number of hydrogen-bond donors (Lipinski definition) is 1. The van der Waals surface area contributed by atoms with Crippen LogP contribution >= 0.6 is 11.8 Å². The number of hydrogen-bond acceptors (Lipinski definition) is 6. The topological polar surface area (TPSA) is 101 Å². The molecule has 1 aromatic heterocycles. The molecule has 1 aromatic carbocycles. The highest BCUT2D eigenvalue weighted by molar-refractivity contribution is 7.99. The van der Waals surface area contributed by atoms with Crippen molar-refractivity contribution in [2.24, 2.45) is 0 Å². The summed E-state index contributed by atoms with van der Waals surface area (Å²) in [7, 11) is 0. The summed E-state index contributed by atoms with van der Waals surface area (Å²) < 4.78 is 1.36. The Labute approximate surface area is 145 Å². The summed E-state index contributed by atoms with van der Waals surface area (Å²) >= 11 is 1.23. The maximum atomic E-state index is 12.7. The second kappa shape index (κ2) is 7.84. The third kappa shape index (κ3) is 4.26. The van der Waals surface area contributed by atoms with Crippen molar-refractivity contribution in [1.29, 1.82) is 5.26 Å². The van der Waals surface area contributed by atoms with Crippen LogP contribution in [0.2, 0.25) is 0 Å². The first-order valence-corrected chi connectivity index (χ1v) is 8.46. The molecule has 0 saturated heterocycles. The first kappa shape index (κ1) is 17.8. The molecule has 1 amide bonds. The zero-order valence-electron chi connectivity index (χ0n) is 14.0. The van der Waals surface area contributed by atoms with Crippen LogP contribution in [0.3, 0.4) is 0 Å². The van der Waals surface area contributed by atoms with Gasteiger partial charge in [0.1, 0.15) is 5.82 Å². The lowest BCUT2D eigenvalue weighted by Gasteiger charge is -2.22. The van der Waals surface area contributed by atoms with Crippen molar-refractivity contribution in [2.45, 2.75) is 32.3 Å². The Hall–Kier alpha value is -2.53. The summed E-state index contributed by atoms with van der Waals surface area (Å²) in [5, 5.41) is 17.2. The normalized spacial score (nSPS) is 10.4. The minimum Gasteiger partial charge on any atom is -0.336 e. The Kier molecular flexibility index (Phi) is 5.82. The molecule has 0 spiro atoms. The van der Waals surface area contributed by atoms with E-state index in [0.29, 0.717) is 17.5 Å². The van der Waals surface area contributed by atoms with Crippen molar-refractivity contribution in [2.75, 3.05) is 23.0 Å². The Bertz CT molecular complexity index is 759. The number of rotatable bonds is 6. The maximum absolute atomic E-state index is 12.7. The fourth-order valence-corrected chi connectivity index (χ4v) is 3.10. The van der Waals surface area contributed by atoms with Crippen LogP contribution < -0.4 is 10.7 Å². The largest absolute Gasteiger partial charge is 0.336 e. The second-order valence-electron chi connectivity index (χ2n) is 5.49. The van der Waals surface area contributed by atoms with E-state index in [0.717, 1.165) is 16.8 Å². The Balaban J connectivity index is 2.16. The van der Waals surface area contributed by atoms with Gasteiger partial charge in [-0.2, -0.15) is 5.26 Å². The first-order valence-electron chi connectivity index (χ1n) is 7.48. The van der Waals surface area contributed by atoms with Gasteiger partial charge in [0.05, 0.1) is 18.2 Å². The van der Waals surface area contributed by atoms with Crippen LogP contribution in [-0.4, -0.2) is 33.1 Å². The van der Waals surface area contributed by atoms with Crippen LogP contribution in [-0.2, 0) is 4.79 Å². The number of nitrogen functional groups attached to an aromatic ring is 1. The Morgan fingerprint density at radius 1 is 1.29 bits per heavy atom. The van der Waals surface area contributed by atoms with Gasteiger partial charge in [0.2, 0.25) is 11.1 Å². The highest BCUT2D eigenvalue weighted by Crippen LogP contribution is 2.22. The van der Waals surface area contributed by atoms with Crippen molar-refractivity contribution in [3.8, 4) is 6.07 Å². The van der Waals surface area contributed by atoms with Crippen LogP contribution in [0.25, 0.3) is 0 Å². The number of carbonyl (C=O) groups is 1. The second-order valence-corrected chi connectivity index (χ2v) is 6.43. The number of nitrogens with zero attached hydrogens (tertiary/aromatic N) is 5. The molecule has 0 unspecified atom stereocenters. The lowest BCUT2D eigenvalue weighted by Crippen LogP contribution is -2.33. The highest BCUT2D eigenvalue weighted by atomic mass is 32.2. The van der Waals surface area contributed by atoms with E-state index in [4.69, 9.17) is 11.1 Å². The quantitative estimate of drug-likeness (QED) is 0.635. The average molecular weight is 344 g/mol. The molecule has 0 bridgehead atoms. The average Bonchev–Trinajstić information content (AvgIpc) is 2.84. The molecule has 0 saturated carbocycles. The lowest BCUT2D eigenvalue weighted by atomic mass is 10.1. The van der Waals surface area contributed by atoms with Crippen LogP contribution in [0.15, 0.2) is 23.4 Å². The molecule has 0 aliphatic carbocycles. The zero-order valence-corrected chi connectivity index (χ0v) is 14.8. The summed E-state index contributed by atoms with van der Waals surface area (Å²) in [6, 6.07) is 8.03. The van der Waals surface area contributed by atoms with Gasteiger partial charge < -0.3 is 10.7 Å². The first-order chi connectivity index (χ1) is 11.4. The molecule has 7 nitrogen and oxygen atoms in total. The van der Waals surface area contributed by atoms with Gasteiger partial charge in [0.15, 0.2) is 0 Å². The minimum atomic E-state index is -0.0964. The smallest absolute Gasteiger partial charge is 0.237 e. The van der Waals surface area contributed by atoms with Crippen LogP contribution in [0.5, 0.6) is 0 Å². The van der Waals surface area contributed by atoms with Gasteiger partial charge in [-0.3, -0.25) is 4.79 Å². The van der Waals surface area contributed by atoms with Crippen molar-refractivity contribution >= 4 is 23.4 Å². The molecule has 2 N–H and O–H groups in total. The van der Waals surface area contributed by atoms with E-state index < -0.39 is 0 Å². The number of nitriles is 1. The molecule has 24 heavy (non-hydrogen) atoms. The molecule has 8 heteroatoms. The molecule has 126 valence electrons. The standard InChI is InChI=1S/C16H20N6OS/c1-11-7-12(2)9-14(8-11)21(6-4-5-17)15(23)10-24-16-20-19-13(3)22(16)18/h7-9H,4,6,10,18H2,1-3H3. The van der Waals surface area contributed by atoms with Gasteiger partial charge in [-0.1, -0.05) is 17.8 Å². The predicted molar refractivity (Wildman–Crippen MR) is 94.1 cm³/mol. The van der Waals surface area contributed by atoms with Gasteiger partial charge in [-0.15, -0.1) is 10.2 Å². The maximum Gasteiger partial charge on any atom is 0.237 e. The van der Waals surface area contributed by atoms with E-state index in [-0.39, 0.29) is 18.1 Å². The van der Waals surface area contributed by atoms with E-state index in [1.54, 1.807) is 11.8 Å². The summed E-state index contributed by atoms with van der Waals surface area (Å²) in [5.41, 5.74) is 2.95. The fraction of sp³-hybridized carbons (Fsp3) is 0.375. The number of benzene rings is 1. The van der Waals surface area contributed by atoms with Gasteiger partial charge in [0, 0.05) is 12.2 Å². The molecule has 0 fully saturated rings. The van der Waals surface area contributed by atoms with Crippen molar-refractivity contribution in [1.82, 2.24) is 14.9 Å². The minimum absolute atomic E-state index is 0.0964. The molecule has 0 aliphatic heterocycles. The number of thioether (sulfide) groups is 1. The molecule has 0 aliphatic rings. The third-order valence-electron chi connectivity index (χ3n) is 3.43. The van der Waals surface area contributed by atoms with Crippen molar-refractivity contribution < 1.29 is 4.79 Å². The van der Waals surface area contributed by atoms with Crippen LogP contribution in [0.4, 0.5) is 5.69 Å². The SMILES string of the molecule is Cc1cc(C)cc(N(CCC#N)C(=O)CSc2nnc(C)n2N)c1. The number of nitrogens with two attached hydrogens (primary N) is 1. The lowest BCUT2D eigenvalue weighted by molar-refractivity contribution is -0.116. The van der Waals surface area contributed by atoms with Crippen LogP contribution in [0.1, 0.15) is 23.4 Å². The van der Waals surface area contributed by atoms with E-state index in [2.05, 4.69) is 16.3 Å². The Morgan fingerprint density at radius 3 is 2.50 bits per heavy atom. The molecule has 0 radical (unpaired) electrons. The molecular weight excluding hydrogens is 324 g/mol. The fourth-order valence-electron chi connectivity index (χ4n) is 2.32. The molecule has 0 atom stereocenters. The third-order valence-corrected chi connectivity index (χ3v) is 4.35. The summed E-state index contributed by atoms with van der Waals surface area (Å²) in [6.45, 7) is 6.07. The highest BCUT2D eigenvalue weighted by Gasteiger charge is 2.18. The van der Waals surface area contributed by atoms with E-state index >= 15 is 0 Å². The number of aryl methyl sites for hydroxylation is 3. The van der Waals surface area contributed by atoms with Crippen molar-refractivity contribution in [3.63, 3.8) is 0 Å². The van der Waals surface area contributed by atoms with E-state index in [9.17, 15) is 4.79 Å². The summed E-state index contributed by atoms with van der Waals surface area (Å²) in [4.78, 5) is 14.3. The number of amides is 1. The molecule has 2 aromatic rings. The predicted octanol–water partition coefficient (Wildman–Crippen LogP) is 1.96. The van der Waals surface area contributed by atoms with Gasteiger partial charge in [-0.05, 0) is 44.0 Å². The molecular formula is C16H20N6OS. The van der Waals surface area contributed by atoms with E-state index in [1.807, 2.05) is 32.0 Å². The molecule has 1 heterocycles. The molecule has 2 rings (SSSR count). The zero-order chi connectivity index (χ0) is 17.7. The monoisotopic (exact) mass is 344 g/mol. The van der Waals surface area contributed by atoms with Crippen molar-refractivity contribution in [3.05, 3.63) is 35.2 Å². The number of carbonyl (C=O) groups excluding carboxylic acids is 1. The Morgan fingerprint density at radius 2 is 1.96 bits per heavy atom. The number of aromatic nitrogens is 3. The van der Waals surface area contributed by atoms with Gasteiger partial charge in [0.25, 0.3) is 0 Å². The van der Waals surface area contributed by atoms with Crippen LogP contribution in [0, 0.1) is 32.1 Å². The van der Waals surface area contributed by atoms with Gasteiger partial charge in [-0.25, -0.2) is 4.68 Å². The number of anilines is 1. The summed E-state index contributed by atoms with van der Waals surface area (Å²) in [5.74, 6) is 6.46. The van der Waals surface area contributed by atoms with Gasteiger partial charge >= 0.3 is 0 Å².